The lowest BCUT2D eigenvalue weighted by molar-refractivity contribution is -0.166. The molecule has 1 unspecified atom stereocenters. The number of aliphatic hydroxyl groups is 2. The second-order valence-corrected chi connectivity index (χ2v) is 27.3. The van der Waals surface area contributed by atoms with Crippen molar-refractivity contribution in [1.82, 2.24) is 50.7 Å². The highest BCUT2D eigenvalue weighted by Crippen LogP contribution is 2.25. The maximum atomic E-state index is 15.1. The molecule has 1 aliphatic rings. The predicted molar refractivity (Wildman–Crippen MR) is 337 cm³/mol. The molecule has 0 aliphatic carbocycles. The van der Waals surface area contributed by atoms with Gasteiger partial charge in [-0.2, -0.15) is 0 Å². The molecule has 88 heavy (non-hydrogen) atoms. The number of nitrogens with one attached hydrogen (secondary N) is 4. The molecule has 504 valence electrons. The molecule has 0 saturated carbocycles. The van der Waals surface area contributed by atoms with E-state index >= 15 is 4.79 Å². The fraction of sp³-hybridized carbons (Fsp3) is 0.797. The van der Waals surface area contributed by atoms with Crippen LogP contribution in [0, 0.1) is 47.3 Å². The summed E-state index contributed by atoms with van der Waals surface area (Å²) in [6.07, 6.45) is -0.368. The summed E-state index contributed by atoms with van der Waals surface area (Å²) in [5, 5.41) is 34.2. The van der Waals surface area contributed by atoms with Gasteiger partial charge in [0, 0.05) is 42.3 Å². The fourth-order valence-electron chi connectivity index (χ4n) is 10.8. The van der Waals surface area contributed by atoms with Gasteiger partial charge in [-0.15, -0.1) is 0 Å². The van der Waals surface area contributed by atoms with Crippen molar-refractivity contribution in [2.75, 3.05) is 48.8 Å². The number of nitrogens with zero attached hydrogens (tertiary/aromatic N) is 6. The Hall–Kier alpha value is -6.17. The average molecular weight is 1250 g/mol. The van der Waals surface area contributed by atoms with E-state index in [1.807, 2.05) is 69.2 Å². The Morgan fingerprint density at radius 3 is 1.27 bits per heavy atom. The van der Waals surface area contributed by atoms with Crippen LogP contribution in [0.5, 0.6) is 0 Å². The first-order valence-corrected chi connectivity index (χ1v) is 31.5. The Morgan fingerprint density at radius 1 is 0.477 bits per heavy atom. The second kappa shape index (κ2) is 36.5. The highest BCUT2D eigenvalue weighted by molar-refractivity contribution is 5.99. The van der Waals surface area contributed by atoms with E-state index in [9.17, 15) is 58.2 Å². The Kier molecular flexibility index (Phi) is 33.1. The third-order valence-corrected chi connectivity index (χ3v) is 16.1. The Morgan fingerprint density at radius 2 is 0.875 bits per heavy atom. The van der Waals surface area contributed by atoms with E-state index in [-0.39, 0.29) is 68.1 Å². The van der Waals surface area contributed by atoms with Gasteiger partial charge in [-0.05, 0) is 107 Å². The molecular weight excluding hydrogens is 1130 g/mol. The predicted octanol–water partition coefficient (Wildman–Crippen LogP) is 3.35. The number of ether oxygens (including phenoxy) is 1. The summed E-state index contributed by atoms with van der Waals surface area (Å²) in [4.78, 5) is 167. The number of allylic oxidation sites excluding steroid dienone is 2. The number of rotatable bonds is 17. The van der Waals surface area contributed by atoms with Gasteiger partial charge in [0.2, 0.25) is 53.2 Å². The summed E-state index contributed by atoms with van der Waals surface area (Å²) in [6.45, 7) is 30.5. The van der Waals surface area contributed by atoms with Gasteiger partial charge in [0.25, 0.3) is 5.91 Å². The lowest BCUT2D eigenvalue weighted by atomic mass is 9.91. The van der Waals surface area contributed by atoms with Crippen molar-refractivity contribution >= 4 is 65.0 Å². The van der Waals surface area contributed by atoms with Crippen LogP contribution in [-0.4, -0.2) is 226 Å². The Labute approximate surface area is 525 Å². The fourth-order valence-corrected chi connectivity index (χ4v) is 10.8. The molecular formula is C64H114N10O14. The average Bonchev–Trinajstić information content (AvgIpc) is 3.61. The molecule has 24 heteroatoms. The number of amides is 10. The molecule has 0 aromatic heterocycles. The molecule has 6 N–H and O–H groups in total. The maximum Gasteiger partial charge on any atom is 0.329 e. The number of cyclic esters (lactones) is 1. The lowest BCUT2D eigenvalue weighted by Crippen LogP contribution is -2.64. The molecule has 10 amide bonds. The number of esters is 1. The minimum absolute atomic E-state index is 0.0804. The normalized spacial score (nSPS) is 26.7. The zero-order valence-electron chi connectivity index (χ0n) is 57.6. The minimum atomic E-state index is -1.75. The Bertz CT molecular complexity index is 2390. The topological polar surface area (TPSA) is 305 Å². The van der Waals surface area contributed by atoms with Crippen molar-refractivity contribution in [3.05, 3.63) is 12.2 Å². The van der Waals surface area contributed by atoms with E-state index in [0.29, 0.717) is 0 Å². The number of hydrogen-bond donors (Lipinski definition) is 6. The van der Waals surface area contributed by atoms with E-state index in [4.69, 9.17) is 4.74 Å². The van der Waals surface area contributed by atoms with Gasteiger partial charge in [0.1, 0.15) is 54.4 Å². The van der Waals surface area contributed by atoms with E-state index in [2.05, 4.69) is 21.3 Å². The van der Waals surface area contributed by atoms with E-state index in [1.54, 1.807) is 53.7 Å². The van der Waals surface area contributed by atoms with Crippen LogP contribution in [0.25, 0.3) is 0 Å². The van der Waals surface area contributed by atoms with Gasteiger partial charge >= 0.3 is 5.97 Å². The van der Waals surface area contributed by atoms with Crippen molar-refractivity contribution in [2.45, 2.75) is 236 Å². The number of carbonyl (C=O) groups excluding carboxylic acids is 11. The van der Waals surface area contributed by atoms with Gasteiger partial charge in [-0.1, -0.05) is 116 Å². The molecule has 0 aromatic rings. The molecule has 0 spiro atoms. The van der Waals surface area contributed by atoms with Crippen LogP contribution in [0.2, 0.25) is 0 Å². The highest BCUT2D eigenvalue weighted by Gasteiger charge is 2.46. The number of likely N-dealkylation sites (N-methyl/N-ethyl adjacent to an activating group) is 6. The van der Waals surface area contributed by atoms with Crippen molar-refractivity contribution in [1.29, 1.82) is 0 Å². The molecule has 0 aromatic carbocycles. The van der Waals surface area contributed by atoms with Gasteiger partial charge in [-0.25, -0.2) is 4.79 Å². The standard InChI is InChI=1S/C64H114N10O14/c1-25-26-27-41(16)53(77)52-58(81)68-50(43(18)75)61(84)69(19)33-49(76)70(20)46(30-36(6)7)56(79)66-44(28-34(2)3)59(82)71(21)47(31-37(8)9)55(78)65-42(17)64(87)88-54(40(14)15)63(86)72(22)48(32-38(10)11)57(80)67-45(29-35(4)5)60(83)73(23)51(39(12)13)62(85)74(52)24/h25-26,34-48,50-54,75,77H,27-33H2,1-24H3,(H,65,78)(H,66,79)(H,67,80)(H,68,81)/b26-25+/t41-,42+,43-,44+,45+,46+,47+,48+,50+,51+,52?,53-,54-/m1/s1. The molecule has 1 heterocycles. The third-order valence-electron chi connectivity index (χ3n) is 16.1. The van der Waals surface area contributed by atoms with Gasteiger partial charge in [0.15, 0.2) is 6.10 Å². The zero-order chi connectivity index (χ0) is 68.3. The first-order chi connectivity index (χ1) is 40.5. The maximum absolute atomic E-state index is 15.1. The zero-order valence-corrected chi connectivity index (χ0v) is 57.6. The van der Waals surface area contributed by atoms with Crippen LogP contribution in [0.4, 0.5) is 0 Å². The largest absolute Gasteiger partial charge is 0.450 e. The summed E-state index contributed by atoms with van der Waals surface area (Å²) in [5.41, 5.74) is 0. The smallest absolute Gasteiger partial charge is 0.329 e. The molecule has 1 aliphatic heterocycles. The van der Waals surface area contributed by atoms with E-state index < -0.39 is 162 Å². The molecule has 0 radical (unpaired) electrons. The van der Waals surface area contributed by atoms with Crippen LogP contribution in [0.15, 0.2) is 12.2 Å². The van der Waals surface area contributed by atoms with Crippen molar-refractivity contribution < 1.29 is 67.7 Å². The van der Waals surface area contributed by atoms with Crippen LogP contribution in [0.1, 0.15) is 163 Å². The number of hydrogen-bond acceptors (Lipinski definition) is 14. The van der Waals surface area contributed by atoms with Gasteiger partial charge in [0.05, 0.1) is 18.8 Å². The molecule has 1 rings (SSSR count). The van der Waals surface area contributed by atoms with Gasteiger partial charge < -0.3 is 65.6 Å². The number of aliphatic hydroxyl groups excluding tert-OH is 2. The van der Waals surface area contributed by atoms with E-state index in [0.717, 1.165) is 14.7 Å². The monoisotopic (exact) mass is 1250 g/mol. The van der Waals surface area contributed by atoms with Crippen LogP contribution in [0.3, 0.4) is 0 Å². The van der Waals surface area contributed by atoms with Crippen molar-refractivity contribution in [3.8, 4) is 0 Å². The first-order valence-electron chi connectivity index (χ1n) is 31.5. The highest BCUT2D eigenvalue weighted by atomic mass is 16.6. The SMILES string of the molecule is C/C=C/C[C@@H](C)[C@@H](O)C1C(=O)N[C@@H]([C@@H](C)O)C(=O)N(C)CC(=O)N(C)[C@@H](CC(C)C)C(=O)N[C@@H](CC(C)C)C(=O)N(C)[C@@H](CC(C)C)C(=O)N[C@@H](C)C(=O)O[C@H](C(C)C)C(=O)N(C)[C@@H](CC(C)C)C(=O)N[C@@H](CC(C)C)C(=O)N(C)[C@@H](C(C)C)C(=O)N1C. The molecule has 1 saturated heterocycles. The Balaban J connectivity index is 4.41. The minimum Gasteiger partial charge on any atom is -0.450 e. The van der Waals surface area contributed by atoms with Crippen molar-refractivity contribution in [3.63, 3.8) is 0 Å². The summed E-state index contributed by atoms with van der Waals surface area (Å²) in [6, 6.07) is -12.2. The van der Waals surface area contributed by atoms with Crippen molar-refractivity contribution in [2.24, 2.45) is 47.3 Å². The van der Waals surface area contributed by atoms with E-state index in [1.165, 1.54) is 70.8 Å². The summed E-state index contributed by atoms with van der Waals surface area (Å²) < 4.78 is 5.89. The molecule has 24 nitrogen and oxygen atoms in total. The molecule has 0 bridgehead atoms. The second-order valence-electron chi connectivity index (χ2n) is 27.3. The van der Waals surface area contributed by atoms with Crippen LogP contribution >= 0.6 is 0 Å². The lowest BCUT2D eigenvalue weighted by Gasteiger charge is -2.40. The summed E-state index contributed by atoms with van der Waals surface area (Å²) in [5.74, 6) is -11.6. The number of carbonyl (C=O) groups is 11. The third kappa shape index (κ3) is 23.3. The summed E-state index contributed by atoms with van der Waals surface area (Å²) in [7, 11) is 8.12. The van der Waals surface area contributed by atoms with Gasteiger partial charge in [-0.3, -0.25) is 47.9 Å². The van der Waals surface area contributed by atoms with Crippen LogP contribution in [-0.2, 0) is 57.5 Å². The summed E-state index contributed by atoms with van der Waals surface area (Å²) >= 11 is 0. The quantitative estimate of drug-likeness (QED) is 0.0900. The molecule has 1 fully saturated rings. The van der Waals surface area contributed by atoms with Crippen LogP contribution < -0.4 is 21.3 Å². The molecule has 13 atom stereocenters. The first kappa shape index (κ1) is 79.8.